The summed E-state index contributed by atoms with van der Waals surface area (Å²) in [6.45, 7) is 2.47. The van der Waals surface area contributed by atoms with E-state index in [0.29, 0.717) is 26.1 Å². The van der Waals surface area contributed by atoms with Crippen LogP contribution in [0.1, 0.15) is 19.8 Å². The van der Waals surface area contributed by atoms with Gasteiger partial charge < -0.3 is 10.5 Å². The number of anilines is 1. The molecule has 20 heavy (non-hydrogen) atoms. The molecule has 3 N–H and O–H groups in total. The highest BCUT2D eigenvalue weighted by Gasteiger charge is 2.35. The van der Waals surface area contributed by atoms with Crippen molar-refractivity contribution < 1.29 is 21.9 Å². The van der Waals surface area contributed by atoms with Gasteiger partial charge in [-0.2, -0.15) is 0 Å². The predicted octanol–water partition coefficient (Wildman–Crippen LogP) is 1.39. The molecule has 0 saturated carbocycles. The molecular weight excluding hydrogens is 290 g/mol. The number of halogens is 2. The zero-order chi connectivity index (χ0) is 15.0. The van der Waals surface area contributed by atoms with Crippen molar-refractivity contribution in [3.8, 4) is 0 Å². The van der Waals surface area contributed by atoms with Crippen molar-refractivity contribution in [3.05, 3.63) is 23.8 Å². The number of benzene rings is 1. The number of rotatable bonds is 3. The molecule has 1 saturated heterocycles. The third-order valence-corrected chi connectivity index (χ3v) is 4.96. The maximum absolute atomic E-state index is 13.7. The first-order valence-corrected chi connectivity index (χ1v) is 7.58. The lowest BCUT2D eigenvalue weighted by atomic mass is 9.94. The van der Waals surface area contributed by atoms with Gasteiger partial charge in [0.25, 0.3) is 0 Å². The van der Waals surface area contributed by atoms with Crippen LogP contribution >= 0.6 is 0 Å². The van der Waals surface area contributed by atoms with E-state index in [1.807, 2.05) is 0 Å². The molecule has 0 unspecified atom stereocenters. The Morgan fingerprint density at radius 3 is 2.25 bits per heavy atom. The fraction of sp³-hybridized carbons (Fsp3) is 0.500. The highest BCUT2D eigenvalue weighted by Crippen LogP contribution is 2.26. The van der Waals surface area contributed by atoms with Crippen LogP contribution in [0.25, 0.3) is 0 Å². The Balaban J connectivity index is 2.36. The minimum absolute atomic E-state index is 0.170. The summed E-state index contributed by atoms with van der Waals surface area (Å²) >= 11 is 0. The summed E-state index contributed by atoms with van der Waals surface area (Å²) in [7, 11) is -4.31. The highest BCUT2D eigenvalue weighted by atomic mass is 32.2. The lowest BCUT2D eigenvalue weighted by molar-refractivity contribution is 0.0537. The molecule has 0 radical (unpaired) electrons. The monoisotopic (exact) mass is 306 g/mol. The molecule has 0 aromatic heterocycles. The number of nitrogens with two attached hydrogens (primary N) is 1. The van der Waals surface area contributed by atoms with E-state index in [1.165, 1.54) is 0 Å². The van der Waals surface area contributed by atoms with E-state index in [-0.39, 0.29) is 5.69 Å². The zero-order valence-corrected chi connectivity index (χ0v) is 11.8. The molecule has 8 heteroatoms. The van der Waals surface area contributed by atoms with E-state index < -0.39 is 32.1 Å². The molecule has 1 aliphatic rings. The number of nitrogens with one attached hydrogen (secondary N) is 1. The fourth-order valence-corrected chi connectivity index (χ4v) is 3.72. The molecule has 5 nitrogen and oxygen atoms in total. The summed E-state index contributed by atoms with van der Waals surface area (Å²) in [5.74, 6) is -2.41. The van der Waals surface area contributed by atoms with Gasteiger partial charge in [-0.25, -0.2) is 21.9 Å². The molecule has 0 atom stereocenters. The third kappa shape index (κ3) is 3.08. The number of ether oxygens (including phenoxy) is 1. The minimum Gasteiger partial charge on any atom is -0.399 e. The van der Waals surface area contributed by atoms with Gasteiger partial charge in [-0.3, -0.25) is 0 Å². The van der Waals surface area contributed by atoms with Crippen molar-refractivity contribution in [1.82, 2.24) is 4.72 Å². The van der Waals surface area contributed by atoms with Gasteiger partial charge in [0.2, 0.25) is 10.0 Å². The van der Waals surface area contributed by atoms with E-state index in [0.717, 1.165) is 12.1 Å². The third-order valence-electron chi connectivity index (χ3n) is 3.27. The van der Waals surface area contributed by atoms with Crippen molar-refractivity contribution in [2.45, 2.75) is 30.2 Å². The molecule has 1 aromatic rings. The van der Waals surface area contributed by atoms with Gasteiger partial charge in [-0.1, -0.05) is 0 Å². The van der Waals surface area contributed by atoms with Crippen LogP contribution in [0.2, 0.25) is 0 Å². The summed E-state index contributed by atoms with van der Waals surface area (Å²) < 4.78 is 59.3. The second kappa shape index (κ2) is 5.27. The Labute approximate surface area is 116 Å². The molecule has 0 bridgehead atoms. The van der Waals surface area contributed by atoms with Crippen LogP contribution in [0.4, 0.5) is 14.5 Å². The van der Waals surface area contributed by atoms with Crippen molar-refractivity contribution in [2.24, 2.45) is 0 Å². The molecule has 1 aliphatic heterocycles. The Morgan fingerprint density at radius 2 is 1.75 bits per heavy atom. The maximum atomic E-state index is 13.7. The van der Waals surface area contributed by atoms with Crippen molar-refractivity contribution >= 4 is 15.7 Å². The average Bonchev–Trinajstić information content (AvgIpc) is 2.25. The van der Waals surface area contributed by atoms with Gasteiger partial charge >= 0.3 is 0 Å². The molecule has 1 heterocycles. The topological polar surface area (TPSA) is 81.4 Å². The summed E-state index contributed by atoms with van der Waals surface area (Å²) in [5, 5.41) is 0. The Bertz CT molecular complexity index is 590. The van der Waals surface area contributed by atoms with Crippen LogP contribution in [-0.2, 0) is 14.8 Å². The summed E-state index contributed by atoms with van der Waals surface area (Å²) in [5.41, 5.74) is 4.32. The van der Waals surface area contributed by atoms with E-state index in [2.05, 4.69) is 4.72 Å². The Hall–Kier alpha value is -1.25. The summed E-state index contributed by atoms with van der Waals surface area (Å²) in [6.07, 6.45) is 0.870. The molecule has 1 fully saturated rings. The van der Waals surface area contributed by atoms with Crippen LogP contribution in [0.5, 0.6) is 0 Å². The minimum atomic E-state index is -4.31. The van der Waals surface area contributed by atoms with Crippen molar-refractivity contribution in [3.63, 3.8) is 0 Å². The first-order valence-electron chi connectivity index (χ1n) is 6.10. The molecule has 0 spiro atoms. The van der Waals surface area contributed by atoms with E-state index in [9.17, 15) is 17.2 Å². The zero-order valence-electron chi connectivity index (χ0n) is 10.9. The lowest BCUT2D eigenvalue weighted by Crippen LogP contribution is -2.49. The molecule has 0 aliphatic carbocycles. The molecule has 0 amide bonds. The van der Waals surface area contributed by atoms with Gasteiger partial charge in [0.15, 0.2) is 4.90 Å². The van der Waals surface area contributed by atoms with Crippen LogP contribution in [0.3, 0.4) is 0 Å². The van der Waals surface area contributed by atoms with Crippen molar-refractivity contribution in [2.75, 3.05) is 18.9 Å². The first kappa shape index (κ1) is 15.1. The smallest absolute Gasteiger partial charge is 0.246 e. The largest absolute Gasteiger partial charge is 0.399 e. The number of hydrogen-bond acceptors (Lipinski definition) is 4. The van der Waals surface area contributed by atoms with Gasteiger partial charge in [0.05, 0.1) is 0 Å². The quantitative estimate of drug-likeness (QED) is 0.827. The second-order valence-electron chi connectivity index (χ2n) is 5.09. The predicted molar refractivity (Wildman–Crippen MR) is 69.5 cm³/mol. The SMILES string of the molecule is CC1(NS(=O)(=O)c2c(F)cc(N)cc2F)CCOCC1. The highest BCUT2D eigenvalue weighted by molar-refractivity contribution is 7.89. The summed E-state index contributed by atoms with van der Waals surface area (Å²) in [4.78, 5) is -1.00. The molecule has 112 valence electrons. The first-order chi connectivity index (χ1) is 9.23. The lowest BCUT2D eigenvalue weighted by Gasteiger charge is -2.34. The number of hydrogen-bond donors (Lipinski definition) is 2. The molecule has 2 rings (SSSR count). The number of sulfonamides is 1. The van der Waals surface area contributed by atoms with Gasteiger partial charge in [-0.05, 0) is 31.9 Å². The summed E-state index contributed by atoms with van der Waals surface area (Å²) in [6, 6.07) is 1.56. The van der Waals surface area contributed by atoms with Gasteiger partial charge in [0.1, 0.15) is 11.6 Å². The van der Waals surface area contributed by atoms with Crippen LogP contribution < -0.4 is 10.5 Å². The van der Waals surface area contributed by atoms with Gasteiger partial charge in [-0.15, -0.1) is 0 Å². The molecular formula is C12H16F2N2O3S. The number of nitrogen functional groups attached to an aromatic ring is 1. The Kier molecular flexibility index (Phi) is 3.99. The fourth-order valence-electron chi connectivity index (χ4n) is 2.14. The van der Waals surface area contributed by atoms with E-state index in [1.54, 1.807) is 6.92 Å². The van der Waals surface area contributed by atoms with Gasteiger partial charge in [0, 0.05) is 24.4 Å². The van der Waals surface area contributed by atoms with Crippen molar-refractivity contribution in [1.29, 1.82) is 0 Å². The maximum Gasteiger partial charge on any atom is 0.246 e. The van der Waals surface area contributed by atoms with Crippen LogP contribution in [0.15, 0.2) is 17.0 Å². The second-order valence-corrected chi connectivity index (χ2v) is 6.71. The Morgan fingerprint density at radius 1 is 1.25 bits per heavy atom. The standard InChI is InChI=1S/C12H16F2N2O3S/c1-12(2-4-19-5-3-12)16-20(17,18)11-9(13)6-8(15)7-10(11)14/h6-7,16H,2-5,15H2,1H3. The van der Waals surface area contributed by atoms with E-state index in [4.69, 9.17) is 10.5 Å². The normalized spacial score (nSPS) is 18.9. The van der Waals surface area contributed by atoms with Crippen LogP contribution in [0, 0.1) is 11.6 Å². The van der Waals surface area contributed by atoms with E-state index >= 15 is 0 Å². The van der Waals surface area contributed by atoms with Crippen LogP contribution in [-0.4, -0.2) is 27.2 Å². The molecule has 1 aromatic carbocycles. The average molecular weight is 306 g/mol.